The monoisotopic (exact) mass is 997 g/mol. The minimum atomic E-state index is -1.10. The lowest BCUT2D eigenvalue weighted by Crippen LogP contribution is -2.25. The summed E-state index contributed by atoms with van der Waals surface area (Å²) in [6.45, 7) is 1.85. The van der Waals surface area contributed by atoms with Crippen LogP contribution in [0.4, 0.5) is 35.1 Å². The van der Waals surface area contributed by atoms with Gasteiger partial charge < -0.3 is 0 Å². The van der Waals surface area contributed by atoms with Crippen LogP contribution in [0.5, 0.6) is 0 Å². The van der Waals surface area contributed by atoms with Gasteiger partial charge in [0.1, 0.15) is 49.4 Å². The third-order valence-electron chi connectivity index (χ3n) is 20.8. The summed E-state index contributed by atoms with van der Waals surface area (Å²) in [7, 11) is 0. The summed E-state index contributed by atoms with van der Waals surface area (Å²) in [5.74, 6) is 4.85. The SMILES string of the molecule is CCC(F)CC(CC(F)CC(CC(F)CC(CC(F)CC(CC(F)CC(CC(F)CC(CC(F)CC(CC(F)CC(CCC1CC1)C1CC1)C1CC1)C1CC1)C1CC1)C1CC1)C1CC1)C1CC1)C1CC1. The van der Waals surface area contributed by atoms with Gasteiger partial charge in [-0.3, -0.25) is 0 Å². The van der Waals surface area contributed by atoms with E-state index in [1.165, 1.54) is 38.5 Å². The van der Waals surface area contributed by atoms with Gasteiger partial charge in [0, 0.05) is 0 Å². The molecule has 0 saturated heterocycles. The van der Waals surface area contributed by atoms with Crippen LogP contribution in [0, 0.1) is 101 Å². The molecular weight excluding hydrogens is 897 g/mol. The summed E-state index contributed by atoms with van der Waals surface area (Å²) >= 11 is 0. The van der Waals surface area contributed by atoms with Crippen molar-refractivity contribution in [2.24, 2.45) is 101 Å². The van der Waals surface area contributed by atoms with E-state index in [9.17, 15) is 4.39 Å². The van der Waals surface area contributed by atoms with E-state index >= 15 is 30.7 Å². The molecule has 0 aromatic heterocycles. The van der Waals surface area contributed by atoms with Crippen molar-refractivity contribution in [1.29, 1.82) is 0 Å². The van der Waals surface area contributed by atoms with Crippen molar-refractivity contribution in [1.82, 2.24) is 0 Å². The predicted molar refractivity (Wildman–Crippen MR) is 270 cm³/mol. The Morgan fingerprint density at radius 3 is 0.586 bits per heavy atom. The Kier molecular flexibility index (Phi) is 19.8. The molecule has 9 rings (SSSR count). The van der Waals surface area contributed by atoms with Crippen molar-refractivity contribution >= 4 is 0 Å². The minimum Gasteiger partial charge on any atom is -0.247 e. The highest BCUT2D eigenvalue weighted by molar-refractivity contribution is 4.95. The standard InChI is InChI=1S/C62H100F8/c1-2-55(63)24-48(40-9-10-40)25-57(65)28-50(42-13-14-42)29-59(67)32-52(44-17-18-44)33-61(69)36-54(46-21-22-46)37-62(70)35-53(45-19-20-45)34-60(68)31-51(43-15-16-43)30-58(66)27-49(41-11-12-41)26-56(64)23-47(39-7-8-39)6-5-38-3-4-38/h38-62H,2-37H2,1H3. The van der Waals surface area contributed by atoms with Crippen LogP contribution in [0.15, 0.2) is 0 Å². The zero-order valence-electron chi connectivity index (χ0n) is 43.9. The zero-order chi connectivity index (χ0) is 48.9. The van der Waals surface area contributed by atoms with Crippen molar-refractivity contribution in [2.45, 2.75) is 287 Å². The molecule has 9 aliphatic carbocycles. The Balaban J connectivity index is 0.698. The van der Waals surface area contributed by atoms with Crippen LogP contribution >= 0.6 is 0 Å². The first kappa shape index (κ1) is 54.2. The van der Waals surface area contributed by atoms with Crippen LogP contribution in [0.3, 0.4) is 0 Å². The highest BCUT2D eigenvalue weighted by Gasteiger charge is 2.44. The van der Waals surface area contributed by atoms with E-state index in [-0.39, 0.29) is 41.4 Å². The van der Waals surface area contributed by atoms with Crippen molar-refractivity contribution in [3.8, 4) is 0 Å². The molecule has 9 saturated carbocycles. The van der Waals surface area contributed by atoms with Crippen LogP contribution in [0.1, 0.15) is 238 Å². The second-order valence-corrected chi connectivity index (χ2v) is 27.5. The summed E-state index contributed by atoms with van der Waals surface area (Å²) in [6, 6.07) is 0. The van der Waals surface area contributed by atoms with E-state index in [0.717, 1.165) is 95.8 Å². The fourth-order valence-corrected chi connectivity index (χ4v) is 15.1. The molecule has 70 heavy (non-hydrogen) atoms. The number of hydrogen-bond donors (Lipinski definition) is 0. The quantitative estimate of drug-likeness (QED) is 0.0535. The lowest BCUT2D eigenvalue weighted by Gasteiger charge is -2.28. The van der Waals surface area contributed by atoms with Crippen LogP contribution in [0.25, 0.3) is 0 Å². The molecule has 9 aliphatic rings. The summed E-state index contributed by atoms with van der Waals surface area (Å²) in [5.41, 5.74) is 0. The van der Waals surface area contributed by atoms with Gasteiger partial charge in [0.2, 0.25) is 0 Å². The fourth-order valence-electron chi connectivity index (χ4n) is 15.1. The minimum absolute atomic E-state index is 0.000572. The maximum absolute atomic E-state index is 16.2. The first-order chi connectivity index (χ1) is 33.8. The van der Waals surface area contributed by atoms with Gasteiger partial charge in [-0.1, -0.05) is 26.2 Å². The van der Waals surface area contributed by atoms with Gasteiger partial charge in [0.25, 0.3) is 0 Å². The summed E-state index contributed by atoms with van der Waals surface area (Å²) in [5, 5.41) is 0. The molecule has 0 aromatic rings. The van der Waals surface area contributed by atoms with E-state index in [1.807, 2.05) is 6.92 Å². The zero-order valence-corrected chi connectivity index (χ0v) is 43.9. The largest absolute Gasteiger partial charge is 0.247 e. The third kappa shape index (κ3) is 18.9. The highest BCUT2D eigenvalue weighted by atomic mass is 19.2. The summed E-state index contributed by atoms with van der Waals surface area (Å²) in [4.78, 5) is 0. The van der Waals surface area contributed by atoms with Crippen LogP contribution in [0.2, 0.25) is 0 Å². The molecule has 0 aliphatic heterocycles. The molecule has 0 aromatic carbocycles. The second-order valence-electron chi connectivity index (χ2n) is 27.5. The Morgan fingerprint density at radius 2 is 0.414 bits per heavy atom. The Labute approximate surface area is 421 Å². The molecular formula is C62H100F8. The van der Waals surface area contributed by atoms with Crippen LogP contribution in [-0.2, 0) is 0 Å². The number of alkyl halides is 8. The van der Waals surface area contributed by atoms with Gasteiger partial charge in [-0.2, -0.15) is 0 Å². The average Bonchev–Trinajstić information content (AvgIpc) is 4.13. The number of halogens is 8. The van der Waals surface area contributed by atoms with E-state index in [1.54, 1.807) is 0 Å². The van der Waals surface area contributed by atoms with E-state index < -0.39 is 49.4 Å². The van der Waals surface area contributed by atoms with Gasteiger partial charge >= 0.3 is 0 Å². The smallest absolute Gasteiger partial charge is 0.101 e. The molecule has 8 heteroatoms. The van der Waals surface area contributed by atoms with Gasteiger partial charge in [0.05, 0.1) is 0 Å². The van der Waals surface area contributed by atoms with Crippen LogP contribution < -0.4 is 0 Å². The second kappa shape index (κ2) is 25.5. The highest BCUT2D eigenvalue weighted by Crippen LogP contribution is 2.52. The maximum atomic E-state index is 16.2. The third-order valence-corrected chi connectivity index (χ3v) is 20.8. The van der Waals surface area contributed by atoms with Crippen molar-refractivity contribution in [2.75, 3.05) is 0 Å². The molecule has 0 bridgehead atoms. The van der Waals surface area contributed by atoms with E-state index in [4.69, 9.17) is 0 Å². The average molecular weight is 997 g/mol. The van der Waals surface area contributed by atoms with Crippen molar-refractivity contribution in [3.05, 3.63) is 0 Å². The maximum Gasteiger partial charge on any atom is 0.101 e. The van der Waals surface area contributed by atoms with Crippen LogP contribution in [-0.4, -0.2) is 49.4 Å². The molecule has 0 heterocycles. The Morgan fingerprint density at radius 1 is 0.243 bits per heavy atom. The first-order valence-electron chi connectivity index (χ1n) is 30.9. The van der Waals surface area contributed by atoms with Gasteiger partial charge in [-0.25, -0.2) is 35.1 Å². The first-order valence-corrected chi connectivity index (χ1v) is 30.9. The lowest BCUT2D eigenvalue weighted by molar-refractivity contribution is 0.121. The van der Waals surface area contributed by atoms with Gasteiger partial charge in [-0.15, -0.1) is 0 Å². The summed E-state index contributed by atoms with van der Waals surface area (Å²) < 4.78 is 126. The Bertz CT molecular complexity index is 1510. The fraction of sp³-hybridized carbons (Fsp3) is 1.00. The van der Waals surface area contributed by atoms with E-state index in [2.05, 4.69) is 0 Å². The Hall–Kier alpha value is -0.560. The molecule has 16 atom stereocenters. The summed E-state index contributed by atoms with van der Waals surface area (Å²) in [6.07, 6.45) is 20.3. The molecule has 0 N–H and O–H groups in total. The van der Waals surface area contributed by atoms with Gasteiger partial charge in [0.15, 0.2) is 0 Å². The predicted octanol–water partition coefficient (Wildman–Crippen LogP) is 19.4. The van der Waals surface area contributed by atoms with Gasteiger partial charge in [-0.05, 0) is 312 Å². The number of hydrogen-bond acceptors (Lipinski definition) is 0. The molecule has 0 amide bonds. The van der Waals surface area contributed by atoms with Crippen molar-refractivity contribution in [3.63, 3.8) is 0 Å². The molecule has 0 spiro atoms. The van der Waals surface area contributed by atoms with Crippen molar-refractivity contribution < 1.29 is 35.1 Å². The number of rotatable bonds is 42. The normalized spacial score (nSPS) is 28.9. The molecule has 16 unspecified atom stereocenters. The lowest BCUT2D eigenvalue weighted by atomic mass is 9.81. The molecule has 0 radical (unpaired) electrons. The molecule has 9 fully saturated rings. The topological polar surface area (TPSA) is 0 Å². The van der Waals surface area contributed by atoms with E-state index in [0.29, 0.717) is 156 Å². The molecule has 404 valence electrons. The molecule has 0 nitrogen and oxygen atoms in total.